The predicted octanol–water partition coefficient (Wildman–Crippen LogP) is 0.105. The van der Waals surface area contributed by atoms with Crippen LogP contribution < -0.4 is 0 Å². The van der Waals surface area contributed by atoms with Gasteiger partial charge < -0.3 is 9.84 Å². The molecule has 8 heteroatoms. The Hall–Kier alpha value is -1.96. The maximum absolute atomic E-state index is 11.0. The van der Waals surface area contributed by atoms with Crippen LogP contribution in [0.25, 0.3) is 0 Å². The zero-order valence-corrected chi connectivity index (χ0v) is 9.28. The van der Waals surface area contributed by atoms with Crippen molar-refractivity contribution in [3.05, 3.63) is 22.5 Å². The number of carbonyl (C=O) groups is 1. The molecule has 1 aromatic heterocycles. The third-order valence-corrected chi connectivity index (χ3v) is 1.94. The summed E-state index contributed by atoms with van der Waals surface area (Å²) in [4.78, 5) is 20.8. The van der Waals surface area contributed by atoms with Crippen LogP contribution in [0.2, 0.25) is 0 Å². The third-order valence-electron chi connectivity index (χ3n) is 1.94. The van der Waals surface area contributed by atoms with E-state index in [2.05, 4.69) is 9.84 Å². The van der Waals surface area contributed by atoms with Crippen LogP contribution in [0.5, 0.6) is 0 Å². The van der Waals surface area contributed by atoms with Gasteiger partial charge in [0.25, 0.3) is 0 Å². The van der Waals surface area contributed by atoms with Crippen LogP contribution in [0.3, 0.4) is 0 Å². The number of ether oxygens (including phenoxy) is 1. The molecular formula is C9H13N3O5. The molecule has 1 N–H and O–H groups in total. The van der Waals surface area contributed by atoms with E-state index in [9.17, 15) is 20.0 Å². The quantitative estimate of drug-likeness (QED) is 0.431. The molecule has 1 rings (SSSR count). The van der Waals surface area contributed by atoms with Gasteiger partial charge >= 0.3 is 11.7 Å². The van der Waals surface area contributed by atoms with Crippen LogP contribution in [-0.2, 0) is 16.1 Å². The van der Waals surface area contributed by atoms with Crippen molar-refractivity contribution in [2.45, 2.75) is 26.0 Å². The van der Waals surface area contributed by atoms with E-state index >= 15 is 0 Å². The molecule has 94 valence electrons. The lowest BCUT2D eigenvalue weighted by molar-refractivity contribution is -0.385. The minimum atomic E-state index is -0.978. The van der Waals surface area contributed by atoms with Crippen LogP contribution in [-0.4, -0.2) is 38.5 Å². The number of aliphatic hydroxyl groups is 1. The highest BCUT2D eigenvalue weighted by Crippen LogP contribution is 2.08. The lowest BCUT2D eigenvalue weighted by atomic mass is 10.2. The summed E-state index contributed by atoms with van der Waals surface area (Å²) < 4.78 is 5.87. The monoisotopic (exact) mass is 243 g/mol. The fourth-order valence-corrected chi connectivity index (χ4v) is 1.24. The standard InChI is InChI=1S/C9H13N3O5/c1-2-17-9(14)3-8(13)6-11-5-7(4-10-11)12(15)16/h4-5,8,13H,2-3,6H2,1H3. The molecule has 0 fully saturated rings. The molecule has 1 atom stereocenters. The molecule has 0 bridgehead atoms. The van der Waals surface area contributed by atoms with Crippen LogP contribution in [0.1, 0.15) is 13.3 Å². The molecule has 0 aliphatic carbocycles. The predicted molar refractivity (Wildman–Crippen MR) is 56.1 cm³/mol. The molecule has 8 nitrogen and oxygen atoms in total. The van der Waals surface area contributed by atoms with Gasteiger partial charge in [0.2, 0.25) is 0 Å². The Kier molecular flexibility index (Phi) is 4.58. The molecule has 17 heavy (non-hydrogen) atoms. The Morgan fingerprint density at radius 1 is 1.76 bits per heavy atom. The van der Waals surface area contributed by atoms with E-state index in [4.69, 9.17) is 0 Å². The second-order valence-corrected chi connectivity index (χ2v) is 3.34. The molecule has 0 saturated carbocycles. The van der Waals surface area contributed by atoms with E-state index in [0.717, 1.165) is 6.20 Å². The molecule has 0 aliphatic heterocycles. The molecule has 1 aromatic rings. The molecule has 0 amide bonds. The average Bonchev–Trinajstić information content (AvgIpc) is 2.66. The minimum Gasteiger partial charge on any atom is -0.466 e. The van der Waals surface area contributed by atoms with E-state index in [1.807, 2.05) is 0 Å². The van der Waals surface area contributed by atoms with Gasteiger partial charge in [-0.15, -0.1) is 0 Å². The smallest absolute Gasteiger partial charge is 0.308 e. The first-order chi connectivity index (χ1) is 8.02. The fourth-order valence-electron chi connectivity index (χ4n) is 1.24. The van der Waals surface area contributed by atoms with Crippen molar-refractivity contribution in [2.75, 3.05) is 6.61 Å². The number of hydrogen-bond donors (Lipinski definition) is 1. The van der Waals surface area contributed by atoms with E-state index in [-0.39, 0.29) is 25.3 Å². The Balaban J connectivity index is 2.47. The Bertz CT molecular complexity index is 403. The Morgan fingerprint density at radius 2 is 2.47 bits per heavy atom. The van der Waals surface area contributed by atoms with Crippen molar-refractivity contribution in [2.24, 2.45) is 0 Å². The highest BCUT2D eigenvalue weighted by molar-refractivity contribution is 5.69. The van der Waals surface area contributed by atoms with Gasteiger partial charge in [0, 0.05) is 0 Å². The van der Waals surface area contributed by atoms with Gasteiger partial charge in [-0.2, -0.15) is 5.10 Å². The summed E-state index contributed by atoms with van der Waals surface area (Å²) in [5, 5.41) is 23.6. The van der Waals surface area contributed by atoms with Crippen LogP contribution in [0, 0.1) is 10.1 Å². The number of rotatable bonds is 6. The number of hydrogen-bond acceptors (Lipinski definition) is 6. The molecule has 0 aliphatic rings. The summed E-state index contributed by atoms with van der Waals surface area (Å²) in [5.41, 5.74) is -0.159. The van der Waals surface area contributed by atoms with Gasteiger partial charge in [0.15, 0.2) is 0 Å². The number of nitro groups is 1. The van der Waals surface area contributed by atoms with E-state index in [1.165, 1.54) is 10.9 Å². The molecular weight excluding hydrogens is 230 g/mol. The van der Waals surface area contributed by atoms with Crippen LogP contribution in [0.15, 0.2) is 12.4 Å². The molecule has 0 aromatic carbocycles. The van der Waals surface area contributed by atoms with Crippen molar-refractivity contribution >= 4 is 11.7 Å². The second-order valence-electron chi connectivity index (χ2n) is 3.34. The van der Waals surface area contributed by atoms with Crippen molar-refractivity contribution in [3.63, 3.8) is 0 Å². The zero-order chi connectivity index (χ0) is 12.8. The van der Waals surface area contributed by atoms with Crippen LogP contribution in [0.4, 0.5) is 5.69 Å². The summed E-state index contributed by atoms with van der Waals surface area (Å²) in [5.74, 6) is -0.512. The van der Waals surface area contributed by atoms with Crippen molar-refractivity contribution in [1.82, 2.24) is 9.78 Å². The maximum Gasteiger partial charge on any atom is 0.308 e. The summed E-state index contributed by atoms with van der Waals surface area (Å²) in [6.07, 6.45) is 1.13. The minimum absolute atomic E-state index is 0.00660. The van der Waals surface area contributed by atoms with Gasteiger partial charge in [0.05, 0.1) is 30.6 Å². The van der Waals surface area contributed by atoms with Gasteiger partial charge in [0.1, 0.15) is 12.4 Å². The normalized spacial score (nSPS) is 12.1. The number of esters is 1. The first kappa shape index (κ1) is 13.1. The number of aromatic nitrogens is 2. The van der Waals surface area contributed by atoms with E-state index in [1.54, 1.807) is 6.92 Å². The Morgan fingerprint density at radius 3 is 3.00 bits per heavy atom. The van der Waals surface area contributed by atoms with E-state index in [0.29, 0.717) is 0 Å². The van der Waals surface area contributed by atoms with E-state index < -0.39 is 17.0 Å². The summed E-state index contributed by atoms with van der Waals surface area (Å²) in [7, 11) is 0. The average molecular weight is 243 g/mol. The molecule has 1 unspecified atom stereocenters. The fraction of sp³-hybridized carbons (Fsp3) is 0.556. The zero-order valence-electron chi connectivity index (χ0n) is 9.28. The third kappa shape index (κ3) is 4.19. The SMILES string of the molecule is CCOC(=O)CC(O)Cn1cc([N+](=O)[O-])cn1. The Labute approximate surface area is 97.0 Å². The largest absolute Gasteiger partial charge is 0.466 e. The van der Waals surface area contributed by atoms with Gasteiger partial charge in [-0.05, 0) is 6.92 Å². The summed E-state index contributed by atoms with van der Waals surface area (Å²) in [6, 6.07) is 0. The lowest BCUT2D eigenvalue weighted by Crippen LogP contribution is -2.21. The highest BCUT2D eigenvalue weighted by Gasteiger charge is 2.15. The molecule has 0 saturated heterocycles. The van der Waals surface area contributed by atoms with Crippen molar-refractivity contribution in [1.29, 1.82) is 0 Å². The molecule has 1 heterocycles. The topological polar surface area (TPSA) is 107 Å². The molecule has 0 radical (unpaired) electrons. The van der Waals surface area contributed by atoms with Gasteiger partial charge in [-0.3, -0.25) is 19.6 Å². The summed E-state index contributed by atoms with van der Waals surface area (Å²) in [6.45, 7) is 1.92. The lowest BCUT2D eigenvalue weighted by Gasteiger charge is -2.09. The number of nitrogens with zero attached hydrogens (tertiary/aromatic N) is 3. The van der Waals surface area contributed by atoms with Crippen molar-refractivity contribution < 1.29 is 19.6 Å². The number of aliphatic hydroxyl groups excluding tert-OH is 1. The first-order valence-electron chi connectivity index (χ1n) is 5.03. The van der Waals surface area contributed by atoms with Crippen molar-refractivity contribution in [3.8, 4) is 0 Å². The highest BCUT2D eigenvalue weighted by atomic mass is 16.6. The van der Waals surface area contributed by atoms with Gasteiger partial charge in [-0.1, -0.05) is 0 Å². The second kappa shape index (κ2) is 5.94. The van der Waals surface area contributed by atoms with Gasteiger partial charge in [-0.25, -0.2) is 0 Å². The maximum atomic E-state index is 11.0. The van der Waals surface area contributed by atoms with Crippen LogP contribution >= 0.6 is 0 Å². The first-order valence-corrected chi connectivity index (χ1v) is 5.03. The number of carbonyl (C=O) groups excluding carboxylic acids is 1. The summed E-state index contributed by atoms with van der Waals surface area (Å²) >= 11 is 0. The molecule has 0 spiro atoms.